The molecule has 2 N–H and O–H groups in total. The van der Waals surface area contributed by atoms with Gasteiger partial charge in [-0.1, -0.05) is 6.07 Å². The molecule has 1 aromatic carbocycles. The summed E-state index contributed by atoms with van der Waals surface area (Å²) in [7, 11) is 0. The molecule has 0 unspecified atom stereocenters. The summed E-state index contributed by atoms with van der Waals surface area (Å²) in [6, 6.07) is 5.82. The van der Waals surface area contributed by atoms with Crippen LogP contribution in [0.15, 0.2) is 18.2 Å². The number of hydrogen-bond acceptors (Lipinski definition) is 1. The van der Waals surface area contributed by atoms with E-state index in [1.807, 2.05) is 18.2 Å². The molecule has 15 heavy (non-hydrogen) atoms. The summed E-state index contributed by atoms with van der Waals surface area (Å²) in [5.41, 5.74) is 3.11. The van der Waals surface area contributed by atoms with Crippen molar-refractivity contribution in [2.45, 2.75) is 6.42 Å². The standard InChI is InChI=1S/C11H9IN2O/c12-10-6-4-5-13-11(15)7-2-1-3-8(14-10)9(6)7/h1-3,14H,4-5H2,(H,13,15). The van der Waals surface area contributed by atoms with E-state index < -0.39 is 0 Å². The fourth-order valence-electron chi connectivity index (χ4n) is 2.11. The van der Waals surface area contributed by atoms with E-state index in [0.29, 0.717) is 0 Å². The van der Waals surface area contributed by atoms with Gasteiger partial charge in [0, 0.05) is 23.0 Å². The number of aromatic nitrogens is 1. The van der Waals surface area contributed by atoms with Crippen molar-refractivity contribution in [3.63, 3.8) is 0 Å². The molecule has 3 rings (SSSR count). The highest BCUT2D eigenvalue weighted by atomic mass is 127. The van der Waals surface area contributed by atoms with Crippen molar-refractivity contribution in [3.05, 3.63) is 33.0 Å². The molecule has 1 aromatic heterocycles. The van der Waals surface area contributed by atoms with Crippen LogP contribution < -0.4 is 5.32 Å². The van der Waals surface area contributed by atoms with Crippen LogP contribution in [0.5, 0.6) is 0 Å². The van der Waals surface area contributed by atoms with Gasteiger partial charge in [-0.15, -0.1) is 0 Å². The van der Waals surface area contributed by atoms with Crippen LogP contribution in [0.2, 0.25) is 0 Å². The van der Waals surface area contributed by atoms with E-state index in [2.05, 4.69) is 32.9 Å². The molecule has 0 aliphatic carbocycles. The first-order chi connectivity index (χ1) is 7.27. The molecule has 0 atom stereocenters. The van der Waals surface area contributed by atoms with Crippen molar-refractivity contribution >= 4 is 39.4 Å². The highest BCUT2D eigenvalue weighted by Crippen LogP contribution is 2.28. The van der Waals surface area contributed by atoms with Crippen LogP contribution in [0.25, 0.3) is 10.9 Å². The second-order valence-corrected chi connectivity index (χ2v) is 4.73. The number of carbonyl (C=O) groups excluding carboxylic acids is 1. The number of carbonyl (C=O) groups is 1. The Kier molecular flexibility index (Phi) is 1.98. The summed E-state index contributed by atoms with van der Waals surface area (Å²) in [6.07, 6.45) is 0.904. The maximum atomic E-state index is 11.8. The van der Waals surface area contributed by atoms with Crippen LogP contribution in [0, 0.1) is 3.70 Å². The molecule has 0 radical (unpaired) electrons. The van der Waals surface area contributed by atoms with Gasteiger partial charge in [0.25, 0.3) is 5.91 Å². The van der Waals surface area contributed by atoms with Gasteiger partial charge < -0.3 is 10.3 Å². The topological polar surface area (TPSA) is 44.9 Å². The van der Waals surface area contributed by atoms with Gasteiger partial charge in [0.1, 0.15) is 0 Å². The molecule has 4 heteroatoms. The number of halogens is 1. The number of hydrogen-bond donors (Lipinski definition) is 2. The number of rotatable bonds is 0. The third-order valence-electron chi connectivity index (χ3n) is 2.78. The van der Waals surface area contributed by atoms with E-state index in [1.54, 1.807) is 0 Å². The fourth-order valence-corrected chi connectivity index (χ4v) is 2.94. The molecular formula is C11H9IN2O. The Morgan fingerprint density at radius 3 is 3.07 bits per heavy atom. The molecule has 0 fully saturated rings. The minimum absolute atomic E-state index is 0.0368. The maximum Gasteiger partial charge on any atom is 0.251 e. The second-order valence-electron chi connectivity index (χ2n) is 3.65. The third kappa shape index (κ3) is 1.27. The SMILES string of the molecule is O=C1NCCc2c(I)[nH]c3cccc1c23. The molecule has 76 valence electrons. The molecule has 1 aliphatic heterocycles. The Morgan fingerprint density at radius 1 is 1.33 bits per heavy atom. The Balaban J connectivity index is 2.47. The highest BCUT2D eigenvalue weighted by Gasteiger charge is 2.19. The zero-order valence-electron chi connectivity index (χ0n) is 7.93. The predicted octanol–water partition coefficient (Wildman–Crippen LogP) is 2.06. The first-order valence-corrected chi connectivity index (χ1v) is 5.92. The van der Waals surface area contributed by atoms with Crippen LogP contribution in [0.3, 0.4) is 0 Å². The third-order valence-corrected chi connectivity index (χ3v) is 3.70. The van der Waals surface area contributed by atoms with Gasteiger partial charge >= 0.3 is 0 Å². The molecule has 0 bridgehead atoms. The van der Waals surface area contributed by atoms with E-state index in [0.717, 1.165) is 33.1 Å². The number of aromatic amines is 1. The summed E-state index contributed by atoms with van der Waals surface area (Å²) < 4.78 is 1.14. The lowest BCUT2D eigenvalue weighted by Gasteiger charge is -2.00. The first kappa shape index (κ1) is 9.21. The summed E-state index contributed by atoms with van der Waals surface area (Å²) in [5.74, 6) is 0.0368. The Morgan fingerprint density at radius 2 is 2.20 bits per heavy atom. The average molecular weight is 312 g/mol. The lowest BCUT2D eigenvalue weighted by molar-refractivity contribution is 0.0957. The Labute approximate surface area is 100 Å². The fraction of sp³-hybridized carbons (Fsp3) is 0.182. The minimum Gasteiger partial charge on any atom is -0.352 e. The van der Waals surface area contributed by atoms with Crippen molar-refractivity contribution in [1.29, 1.82) is 0 Å². The zero-order chi connectivity index (χ0) is 10.4. The van der Waals surface area contributed by atoms with Crippen molar-refractivity contribution < 1.29 is 4.79 Å². The average Bonchev–Trinajstić information content (AvgIpc) is 2.43. The monoisotopic (exact) mass is 312 g/mol. The van der Waals surface area contributed by atoms with E-state index >= 15 is 0 Å². The second kappa shape index (κ2) is 3.23. The van der Waals surface area contributed by atoms with Gasteiger partial charge in [0.05, 0.1) is 3.70 Å². The lowest BCUT2D eigenvalue weighted by Crippen LogP contribution is -2.23. The predicted molar refractivity (Wildman–Crippen MR) is 67.1 cm³/mol. The van der Waals surface area contributed by atoms with Crippen LogP contribution in [-0.4, -0.2) is 17.4 Å². The quantitative estimate of drug-likeness (QED) is 0.719. The van der Waals surface area contributed by atoms with Crippen LogP contribution in [0.4, 0.5) is 0 Å². The van der Waals surface area contributed by atoms with Gasteiger partial charge in [-0.05, 0) is 46.7 Å². The van der Waals surface area contributed by atoms with Crippen molar-refractivity contribution in [3.8, 4) is 0 Å². The van der Waals surface area contributed by atoms with Crippen LogP contribution in [0.1, 0.15) is 15.9 Å². The summed E-state index contributed by atoms with van der Waals surface area (Å²) >= 11 is 2.29. The van der Waals surface area contributed by atoms with Crippen LogP contribution in [-0.2, 0) is 6.42 Å². The first-order valence-electron chi connectivity index (χ1n) is 4.84. The van der Waals surface area contributed by atoms with E-state index in [1.165, 1.54) is 5.56 Å². The van der Waals surface area contributed by atoms with E-state index in [9.17, 15) is 4.79 Å². The summed E-state index contributed by atoms with van der Waals surface area (Å²) in [4.78, 5) is 15.1. The maximum absolute atomic E-state index is 11.8. The van der Waals surface area contributed by atoms with E-state index in [4.69, 9.17) is 0 Å². The number of amides is 1. The van der Waals surface area contributed by atoms with Gasteiger partial charge in [0.15, 0.2) is 0 Å². The number of benzene rings is 1. The molecule has 2 heterocycles. The zero-order valence-corrected chi connectivity index (χ0v) is 10.1. The normalized spacial score (nSPS) is 15.1. The Bertz CT molecular complexity index is 559. The molecule has 0 spiro atoms. The van der Waals surface area contributed by atoms with Gasteiger partial charge in [0.2, 0.25) is 0 Å². The molecule has 0 saturated carbocycles. The van der Waals surface area contributed by atoms with Crippen molar-refractivity contribution in [1.82, 2.24) is 10.3 Å². The molecule has 2 aromatic rings. The van der Waals surface area contributed by atoms with Gasteiger partial charge in [-0.3, -0.25) is 4.79 Å². The smallest absolute Gasteiger partial charge is 0.251 e. The minimum atomic E-state index is 0.0368. The molecule has 1 amide bonds. The summed E-state index contributed by atoms with van der Waals surface area (Å²) in [6.45, 7) is 0.719. The van der Waals surface area contributed by atoms with E-state index in [-0.39, 0.29) is 5.91 Å². The Hall–Kier alpha value is -1.04. The lowest BCUT2D eigenvalue weighted by atomic mass is 10.1. The summed E-state index contributed by atoms with van der Waals surface area (Å²) in [5, 5.41) is 4.00. The molecule has 0 saturated heterocycles. The number of nitrogens with one attached hydrogen (secondary N) is 2. The highest BCUT2D eigenvalue weighted by molar-refractivity contribution is 14.1. The number of H-pyrrole nitrogens is 1. The van der Waals surface area contributed by atoms with Gasteiger partial charge in [-0.25, -0.2) is 0 Å². The van der Waals surface area contributed by atoms with Crippen molar-refractivity contribution in [2.75, 3.05) is 6.54 Å². The molecule has 3 nitrogen and oxygen atoms in total. The van der Waals surface area contributed by atoms with Gasteiger partial charge in [-0.2, -0.15) is 0 Å². The van der Waals surface area contributed by atoms with Crippen LogP contribution >= 0.6 is 22.6 Å². The molecular weight excluding hydrogens is 303 g/mol. The van der Waals surface area contributed by atoms with Crippen molar-refractivity contribution in [2.24, 2.45) is 0 Å². The largest absolute Gasteiger partial charge is 0.352 e. The molecule has 1 aliphatic rings.